The molecule has 1 aliphatic heterocycles. The van der Waals surface area contributed by atoms with Gasteiger partial charge < -0.3 is 10.6 Å². The fraction of sp³-hybridized carbons (Fsp3) is 0.375. The molecule has 2 rings (SSSR count). The predicted octanol–water partition coefficient (Wildman–Crippen LogP) is -0.0953. The summed E-state index contributed by atoms with van der Waals surface area (Å²) in [5.74, 6) is 0.277. The smallest absolute Gasteiger partial charge is 0.274 e. The lowest BCUT2D eigenvalue weighted by Crippen LogP contribution is -2.42. The van der Waals surface area contributed by atoms with Gasteiger partial charge in [-0.3, -0.25) is 4.79 Å². The lowest BCUT2D eigenvalue weighted by molar-refractivity contribution is 0.0645. The minimum Gasteiger partial charge on any atom is -0.382 e. The Kier molecular flexibility index (Phi) is 1.84. The van der Waals surface area contributed by atoms with E-state index < -0.39 is 0 Å². The number of anilines is 1. The second-order valence-corrected chi connectivity index (χ2v) is 2.97. The Morgan fingerprint density at radius 3 is 2.62 bits per heavy atom. The minimum atomic E-state index is -0.0567. The zero-order chi connectivity index (χ0) is 9.26. The molecule has 1 aliphatic rings. The number of carbonyl (C=O) groups excluding carboxylic acids is 1. The van der Waals surface area contributed by atoms with Gasteiger partial charge in [0, 0.05) is 13.1 Å². The number of amides is 1. The van der Waals surface area contributed by atoms with Crippen molar-refractivity contribution in [1.82, 2.24) is 14.9 Å². The molecule has 1 fully saturated rings. The Bertz CT molecular complexity index is 317. The number of carbonyl (C=O) groups is 1. The summed E-state index contributed by atoms with van der Waals surface area (Å²) in [4.78, 5) is 21.0. The number of likely N-dealkylation sites (tertiary alicyclic amines) is 1. The molecule has 68 valence electrons. The highest BCUT2D eigenvalue weighted by atomic mass is 16.2. The number of aromatic nitrogens is 2. The maximum absolute atomic E-state index is 11.5. The molecule has 5 nitrogen and oxygen atoms in total. The average Bonchev–Trinajstić information content (AvgIpc) is 2.02. The molecule has 13 heavy (non-hydrogen) atoms. The van der Waals surface area contributed by atoms with Crippen LogP contribution in [0.3, 0.4) is 0 Å². The first kappa shape index (κ1) is 7.97. The molecule has 2 heterocycles. The third kappa shape index (κ3) is 1.44. The Labute approximate surface area is 75.6 Å². The molecule has 0 bridgehead atoms. The molecule has 1 amide bonds. The van der Waals surface area contributed by atoms with Crippen LogP contribution in [-0.2, 0) is 0 Å². The molecule has 1 saturated heterocycles. The molecule has 0 saturated carbocycles. The van der Waals surface area contributed by atoms with E-state index in [2.05, 4.69) is 9.97 Å². The van der Waals surface area contributed by atoms with Gasteiger partial charge >= 0.3 is 0 Å². The maximum atomic E-state index is 11.5. The Morgan fingerprint density at radius 2 is 2.15 bits per heavy atom. The predicted molar refractivity (Wildman–Crippen MR) is 47.0 cm³/mol. The van der Waals surface area contributed by atoms with Crippen molar-refractivity contribution in [3.05, 3.63) is 18.1 Å². The molecule has 5 heteroatoms. The van der Waals surface area contributed by atoms with Crippen LogP contribution in [0, 0.1) is 0 Å². The van der Waals surface area contributed by atoms with Crippen LogP contribution in [0.4, 0.5) is 5.82 Å². The number of nitrogens with zero attached hydrogens (tertiary/aromatic N) is 3. The number of hydrogen-bond donors (Lipinski definition) is 1. The molecule has 0 unspecified atom stereocenters. The highest BCUT2D eigenvalue weighted by molar-refractivity contribution is 5.92. The Hall–Kier alpha value is -1.65. The molecule has 1 aromatic rings. The highest BCUT2D eigenvalue weighted by Gasteiger charge is 2.22. The van der Waals surface area contributed by atoms with Crippen LogP contribution in [0.1, 0.15) is 16.9 Å². The van der Waals surface area contributed by atoms with Crippen molar-refractivity contribution < 1.29 is 4.79 Å². The third-order valence-corrected chi connectivity index (χ3v) is 2.03. The normalized spacial score (nSPS) is 15.2. The summed E-state index contributed by atoms with van der Waals surface area (Å²) in [6, 6.07) is 0. The van der Waals surface area contributed by atoms with E-state index in [1.165, 1.54) is 12.4 Å². The highest BCUT2D eigenvalue weighted by Crippen LogP contribution is 2.10. The molecular formula is C8H10N4O. The van der Waals surface area contributed by atoms with Crippen molar-refractivity contribution in [1.29, 1.82) is 0 Å². The topological polar surface area (TPSA) is 72.1 Å². The van der Waals surface area contributed by atoms with E-state index >= 15 is 0 Å². The number of hydrogen-bond acceptors (Lipinski definition) is 4. The van der Waals surface area contributed by atoms with Gasteiger partial charge in [-0.05, 0) is 6.42 Å². The van der Waals surface area contributed by atoms with Gasteiger partial charge in [-0.15, -0.1) is 0 Å². The van der Waals surface area contributed by atoms with E-state index in [0.717, 1.165) is 19.5 Å². The van der Waals surface area contributed by atoms with Gasteiger partial charge in [0.15, 0.2) is 0 Å². The lowest BCUT2D eigenvalue weighted by Gasteiger charge is -2.30. The SMILES string of the molecule is Nc1cnc(C(=O)N2CCC2)cn1. The van der Waals surface area contributed by atoms with Crippen LogP contribution in [0.5, 0.6) is 0 Å². The first-order valence-electron chi connectivity index (χ1n) is 4.14. The van der Waals surface area contributed by atoms with E-state index in [1.807, 2.05) is 0 Å². The van der Waals surface area contributed by atoms with Gasteiger partial charge in [-0.1, -0.05) is 0 Å². The van der Waals surface area contributed by atoms with Crippen molar-refractivity contribution >= 4 is 11.7 Å². The van der Waals surface area contributed by atoms with Gasteiger partial charge in [0.1, 0.15) is 11.5 Å². The lowest BCUT2D eigenvalue weighted by atomic mass is 10.2. The summed E-state index contributed by atoms with van der Waals surface area (Å²) in [5.41, 5.74) is 5.72. The largest absolute Gasteiger partial charge is 0.382 e. The fourth-order valence-corrected chi connectivity index (χ4v) is 1.13. The monoisotopic (exact) mass is 178 g/mol. The van der Waals surface area contributed by atoms with E-state index in [9.17, 15) is 4.79 Å². The summed E-state index contributed by atoms with van der Waals surface area (Å²) in [7, 11) is 0. The minimum absolute atomic E-state index is 0.0567. The first-order chi connectivity index (χ1) is 6.27. The number of nitrogens with two attached hydrogens (primary N) is 1. The standard InChI is InChI=1S/C8H10N4O/c9-7-5-10-6(4-11-7)8(13)12-2-1-3-12/h4-5H,1-3H2,(H2,9,11). The first-order valence-corrected chi connectivity index (χ1v) is 4.14. The van der Waals surface area contributed by atoms with Crippen molar-refractivity contribution in [2.45, 2.75) is 6.42 Å². The van der Waals surface area contributed by atoms with Crippen molar-refractivity contribution in [2.24, 2.45) is 0 Å². The van der Waals surface area contributed by atoms with Gasteiger partial charge in [-0.2, -0.15) is 0 Å². The van der Waals surface area contributed by atoms with Crippen LogP contribution >= 0.6 is 0 Å². The second-order valence-electron chi connectivity index (χ2n) is 2.97. The van der Waals surface area contributed by atoms with Crippen LogP contribution in [-0.4, -0.2) is 33.9 Å². The molecule has 2 N–H and O–H groups in total. The van der Waals surface area contributed by atoms with Gasteiger partial charge in [0.25, 0.3) is 5.91 Å². The second kappa shape index (κ2) is 3.01. The fourth-order valence-electron chi connectivity index (χ4n) is 1.13. The number of rotatable bonds is 1. The summed E-state index contributed by atoms with van der Waals surface area (Å²) in [5, 5.41) is 0. The third-order valence-electron chi connectivity index (χ3n) is 2.03. The van der Waals surface area contributed by atoms with Gasteiger partial charge in [0.05, 0.1) is 12.4 Å². The quantitative estimate of drug-likeness (QED) is 0.652. The molecule has 0 spiro atoms. The van der Waals surface area contributed by atoms with E-state index in [-0.39, 0.29) is 5.91 Å². The maximum Gasteiger partial charge on any atom is 0.274 e. The molecule has 0 radical (unpaired) electrons. The van der Waals surface area contributed by atoms with Crippen LogP contribution in [0.2, 0.25) is 0 Å². The van der Waals surface area contributed by atoms with Crippen molar-refractivity contribution in [3.8, 4) is 0 Å². The van der Waals surface area contributed by atoms with E-state index in [0.29, 0.717) is 11.5 Å². The summed E-state index contributed by atoms with van der Waals surface area (Å²) < 4.78 is 0. The zero-order valence-electron chi connectivity index (χ0n) is 7.10. The summed E-state index contributed by atoms with van der Waals surface area (Å²) in [6.45, 7) is 1.65. The van der Waals surface area contributed by atoms with Crippen LogP contribution in [0.15, 0.2) is 12.4 Å². The Morgan fingerprint density at radius 1 is 1.38 bits per heavy atom. The molecular weight excluding hydrogens is 168 g/mol. The van der Waals surface area contributed by atoms with Crippen molar-refractivity contribution in [3.63, 3.8) is 0 Å². The average molecular weight is 178 g/mol. The van der Waals surface area contributed by atoms with Crippen molar-refractivity contribution in [2.75, 3.05) is 18.8 Å². The molecule has 0 atom stereocenters. The molecule has 0 aromatic carbocycles. The van der Waals surface area contributed by atoms with Crippen LogP contribution < -0.4 is 5.73 Å². The van der Waals surface area contributed by atoms with Gasteiger partial charge in [0.2, 0.25) is 0 Å². The van der Waals surface area contributed by atoms with Gasteiger partial charge in [-0.25, -0.2) is 9.97 Å². The Balaban J connectivity index is 2.15. The molecule has 0 aliphatic carbocycles. The number of nitrogen functional groups attached to an aromatic ring is 1. The van der Waals surface area contributed by atoms with E-state index in [4.69, 9.17) is 5.73 Å². The zero-order valence-corrected chi connectivity index (χ0v) is 7.10. The van der Waals surface area contributed by atoms with Crippen LogP contribution in [0.25, 0.3) is 0 Å². The van der Waals surface area contributed by atoms with E-state index in [1.54, 1.807) is 4.90 Å². The molecule has 1 aromatic heterocycles. The summed E-state index contributed by atoms with van der Waals surface area (Å²) in [6.07, 6.45) is 3.89. The summed E-state index contributed by atoms with van der Waals surface area (Å²) >= 11 is 0.